The third-order valence-electron chi connectivity index (χ3n) is 3.15. The van der Waals surface area contributed by atoms with Crippen molar-refractivity contribution in [3.05, 3.63) is 36.0 Å². The minimum absolute atomic E-state index is 0.496. The van der Waals surface area contributed by atoms with Crippen molar-refractivity contribution in [2.75, 3.05) is 13.1 Å². The molecule has 18 heavy (non-hydrogen) atoms. The standard InChI is InChI=1S/C15H23N3/c1-3-7-16-10-12(2)18-11-13-4-5-14-6-8-17-15(14)9-13/h4-6,8-9,12,16-18H,3,7,10-11H2,1-2H3. The minimum atomic E-state index is 0.496. The lowest BCUT2D eigenvalue weighted by molar-refractivity contribution is 0.501. The van der Waals surface area contributed by atoms with Gasteiger partial charge in [-0.15, -0.1) is 0 Å². The molecule has 3 nitrogen and oxygen atoms in total. The zero-order chi connectivity index (χ0) is 12.8. The molecule has 0 saturated heterocycles. The molecular weight excluding hydrogens is 222 g/mol. The molecule has 0 aliphatic heterocycles. The van der Waals surface area contributed by atoms with E-state index in [1.54, 1.807) is 0 Å². The van der Waals surface area contributed by atoms with Crippen LogP contribution >= 0.6 is 0 Å². The molecule has 0 spiro atoms. The summed E-state index contributed by atoms with van der Waals surface area (Å²) in [5.74, 6) is 0. The van der Waals surface area contributed by atoms with E-state index in [0.717, 1.165) is 19.6 Å². The van der Waals surface area contributed by atoms with Gasteiger partial charge >= 0.3 is 0 Å². The van der Waals surface area contributed by atoms with Crippen LogP contribution in [0.2, 0.25) is 0 Å². The molecule has 0 bridgehead atoms. The lowest BCUT2D eigenvalue weighted by Crippen LogP contribution is -2.36. The van der Waals surface area contributed by atoms with Gasteiger partial charge in [-0.3, -0.25) is 0 Å². The normalized spacial score (nSPS) is 13.0. The largest absolute Gasteiger partial charge is 0.361 e. The SMILES string of the molecule is CCCNCC(C)NCc1ccc2cc[nH]c2c1. The van der Waals surface area contributed by atoms with Gasteiger partial charge in [-0.1, -0.05) is 19.1 Å². The fourth-order valence-corrected chi connectivity index (χ4v) is 2.06. The Morgan fingerprint density at radius 2 is 2.17 bits per heavy atom. The van der Waals surface area contributed by atoms with Crippen LogP contribution in [0, 0.1) is 0 Å². The lowest BCUT2D eigenvalue weighted by Gasteiger charge is -2.14. The Kier molecular flexibility index (Phi) is 4.79. The highest BCUT2D eigenvalue weighted by Gasteiger charge is 2.01. The van der Waals surface area contributed by atoms with Crippen molar-refractivity contribution in [2.45, 2.75) is 32.9 Å². The first-order valence-corrected chi connectivity index (χ1v) is 6.79. The molecule has 98 valence electrons. The molecule has 3 N–H and O–H groups in total. The molecule has 1 aromatic heterocycles. The molecule has 1 atom stereocenters. The molecule has 1 aromatic carbocycles. The predicted molar refractivity (Wildman–Crippen MR) is 77.8 cm³/mol. The Morgan fingerprint density at radius 1 is 1.28 bits per heavy atom. The van der Waals surface area contributed by atoms with Gasteiger partial charge in [-0.05, 0) is 43.0 Å². The van der Waals surface area contributed by atoms with Crippen LogP contribution < -0.4 is 10.6 Å². The van der Waals surface area contributed by atoms with Gasteiger partial charge in [0, 0.05) is 30.8 Å². The number of H-pyrrole nitrogens is 1. The van der Waals surface area contributed by atoms with Crippen LogP contribution in [0.5, 0.6) is 0 Å². The van der Waals surface area contributed by atoms with Crippen LogP contribution in [0.4, 0.5) is 0 Å². The van der Waals surface area contributed by atoms with Crippen LogP contribution in [0.15, 0.2) is 30.5 Å². The number of aromatic nitrogens is 1. The number of fused-ring (bicyclic) bond motifs is 1. The number of benzene rings is 1. The Hall–Kier alpha value is -1.32. The molecule has 0 aliphatic carbocycles. The first-order valence-electron chi connectivity index (χ1n) is 6.79. The maximum atomic E-state index is 3.54. The van der Waals surface area contributed by atoms with E-state index in [9.17, 15) is 0 Å². The molecule has 1 heterocycles. The van der Waals surface area contributed by atoms with Crippen molar-refractivity contribution in [3.8, 4) is 0 Å². The molecule has 0 amide bonds. The van der Waals surface area contributed by atoms with Gasteiger partial charge in [0.2, 0.25) is 0 Å². The van der Waals surface area contributed by atoms with Gasteiger partial charge in [-0.25, -0.2) is 0 Å². The summed E-state index contributed by atoms with van der Waals surface area (Å²) in [7, 11) is 0. The number of aromatic amines is 1. The Morgan fingerprint density at radius 3 is 3.00 bits per heavy atom. The van der Waals surface area contributed by atoms with Crippen LogP contribution in [-0.4, -0.2) is 24.1 Å². The van der Waals surface area contributed by atoms with Crippen LogP contribution in [-0.2, 0) is 6.54 Å². The molecule has 0 fully saturated rings. The highest BCUT2D eigenvalue weighted by atomic mass is 15.0. The van der Waals surface area contributed by atoms with E-state index < -0.39 is 0 Å². The van der Waals surface area contributed by atoms with Gasteiger partial charge in [0.25, 0.3) is 0 Å². The number of nitrogens with one attached hydrogen (secondary N) is 3. The van der Waals surface area contributed by atoms with E-state index in [1.807, 2.05) is 6.20 Å². The summed E-state index contributed by atoms with van der Waals surface area (Å²) in [6.45, 7) is 7.45. The Labute approximate surface area is 109 Å². The average Bonchev–Trinajstić information content (AvgIpc) is 2.84. The molecule has 2 rings (SSSR count). The molecule has 0 radical (unpaired) electrons. The minimum Gasteiger partial charge on any atom is -0.361 e. The zero-order valence-electron chi connectivity index (χ0n) is 11.3. The van der Waals surface area contributed by atoms with E-state index in [0.29, 0.717) is 6.04 Å². The van der Waals surface area contributed by atoms with Crippen LogP contribution in [0.1, 0.15) is 25.8 Å². The highest BCUT2D eigenvalue weighted by Crippen LogP contribution is 2.13. The van der Waals surface area contributed by atoms with Gasteiger partial charge in [-0.2, -0.15) is 0 Å². The quantitative estimate of drug-likeness (QED) is 0.656. The van der Waals surface area contributed by atoms with Crippen LogP contribution in [0.25, 0.3) is 10.9 Å². The summed E-state index contributed by atoms with van der Waals surface area (Å²) in [6, 6.07) is 9.17. The second kappa shape index (κ2) is 6.57. The maximum Gasteiger partial charge on any atom is 0.0457 e. The summed E-state index contributed by atoms with van der Waals surface area (Å²) >= 11 is 0. The topological polar surface area (TPSA) is 39.8 Å². The van der Waals surface area contributed by atoms with E-state index >= 15 is 0 Å². The third kappa shape index (κ3) is 3.59. The molecule has 0 aliphatic rings. The van der Waals surface area contributed by atoms with Gasteiger partial charge in [0.15, 0.2) is 0 Å². The number of hydrogen-bond acceptors (Lipinski definition) is 2. The smallest absolute Gasteiger partial charge is 0.0457 e. The predicted octanol–water partition coefficient (Wildman–Crippen LogP) is 2.65. The van der Waals surface area contributed by atoms with E-state index in [4.69, 9.17) is 0 Å². The van der Waals surface area contributed by atoms with Gasteiger partial charge < -0.3 is 15.6 Å². The fraction of sp³-hybridized carbons (Fsp3) is 0.467. The van der Waals surface area contributed by atoms with Crippen molar-refractivity contribution < 1.29 is 0 Å². The second-order valence-corrected chi connectivity index (χ2v) is 4.89. The first kappa shape index (κ1) is 13.1. The van der Waals surface area contributed by atoms with Crippen LogP contribution in [0.3, 0.4) is 0 Å². The third-order valence-corrected chi connectivity index (χ3v) is 3.15. The summed E-state index contributed by atoms with van der Waals surface area (Å²) < 4.78 is 0. The summed E-state index contributed by atoms with van der Waals surface area (Å²) in [6.07, 6.45) is 3.18. The highest BCUT2D eigenvalue weighted by molar-refractivity contribution is 5.79. The molecule has 1 unspecified atom stereocenters. The van der Waals surface area contributed by atoms with E-state index in [2.05, 4.69) is 53.7 Å². The Bertz CT molecular complexity index is 475. The molecule has 2 aromatic rings. The van der Waals surface area contributed by atoms with E-state index in [1.165, 1.54) is 22.9 Å². The van der Waals surface area contributed by atoms with Crippen molar-refractivity contribution in [3.63, 3.8) is 0 Å². The maximum absolute atomic E-state index is 3.54. The van der Waals surface area contributed by atoms with Crippen molar-refractivity contribution in [1.82, 2.24) is 15.6 Å². The van der Waals surface area contributed by atoms with Crippen molar-refractivity contribution in [1.29, 1.82) is 0 Å². The second-order valence-electron chi connectivity index (χ2n) is 4.89. The van der Waals surface area contributed by atoms with Gasteiger partial charge in [0.1, 0.15) is 0 Å². The zero-order valence-corrected chi connectivity index (χ0v) is 11.3. The first-order chi connectivity index (χ1) is 8.79. The average molecular weight is 245 g/mol. The summed E-state index contributed by atoms with van der Waals surface area (Å²) in [5.41, 5.74) is 2.54. The van der Waals surface area contributed by atoms with Crippen molar-refractivity contribution in [2.24, 2.45) is 0 Å². The summed E-state index contributed by atoms with van der Waals surface area (Å²) in [5, 5.41) is 8.24. The molecular formula is C15H23N3. The van der Waals surface area contributed by atoms with Gasteiger partial charge in [0.05, 0.1) is 0 Å². The van der Waals surface area contributed by atoms with E-state index in [-0.39, 0.29) is 0 Å². The number of rotatable bonds is 7. The lowest BCUT2D eigenvalue weighted by atomic mass is 10.1. The number of hydrogen-bond donors (Lipinski definition) is 3. The van der Waals surface area contributed by atoms with Crippen molar-refractivity contribution >= 4 is 10.9 Å². The molecule has 3 heteroatoms. The fourth-order valence-electron chi connectivity index (χ4n) is 2.06. The molecule has 0 saturated carbocycles. The Balaban J connectivity index is 1.81. The summed E-state index contributed by atoms with van der Waals surface area (Å²) in [4.78, 5) is 3.25. The monoisotopic (exact) mass is 245 g/mol.